The van der Waals surface area contributed by atoms with Crippen LogP contribution in [0, 0.1) is 6.92 Å². The largest absolute Gasteiger partial charge is 0.462 e. The van der Waals surface area contributed by atoms with Gasteiger partial charge in [0.05, 0.1) is 23.4 Å². The third kappa shape index (κ3) is 3.08. The molecule has 118 valence electrons. The van der Waals surface area contributed by atoms with Gasteiger partial charge in [-0.1, -0.05) is 18.2 Å². The van der Waals surface area contributed by atoms with Gasteiger partial charge in [0.2, 0.25) is 0 Å². The number of para-hydroxylation sites is 1. The second-order valence-corrected chi connectivity index (χ2v) is 5.48. The maximum atomic E-state index is 12.3. The minimum atomic E-state index is -0.312. The Morgan fingerprint density at radius 3 is 2.74 bits per heavy atom. The van der Waals surface area contributed by atoms with Gasteiger partial charge >= 0.3 is 5.97 Å². The fourth-order valence-corrected chi connectivity index (χ4v) is 2.71. The van der Waals surface area contributed by atoms with E-state index >= 15 is 0 Å². The van der Waals surface area contributed by atoms with Gasteiger partial charge in [0.25, 0.3) is 0 Å². The molecule has 0 fully saturated rings. The van der Waals surface area contributed by atoms with Crippen molar-refractivity contribution >= 4 is 16.9 Å². The molecular weight excluding hydrogens is 290 g/mol. The lowest BCUT2D eigenvalue weighted by Crippen LogP contribution is -2.08. The van der Waals surface area contributed by atoms with E-state index in [9.17, 15) is 4.79 Å². The van der Waals surface area contributed by atoms with Crippen molar-refractivity contribution in [2.24, 2.45) is 7.05 Å². The zero-order valence-electron chi connectivity index (χ0n) is 13.5. The summed E-state index contributed by atoms with van der Waals surface area (Å²) < 4.78 is 7.03. The highest BCUT2D eigenvalue weighted by atomic mass is 16.5. The predicted molar refractivity (Wildman–Crippen MR) is 88.5 cm³/mol. The van der Waals surface area contributed by atoms with Crippen LogP contribution >= 0.6 is 0 Å². The van der Waals surface area contributed by atoms with Gasteiger partial charge in [-0.05, 0) is 32.0 Å². The van der Waals surface area contributed by atoms with Crippen LogP contribution < -0.4 is 0 Å². The van der Waals surface area contributed by atoms with Crippen molar-refractivity contribution in [1.29, 1.82) is 0 Å². The Bertz CT molecular complexity index is 868. The molecule has 2 heterocycles. The SMILES string of the molecule is CCOC(=O)c1cc(Cc2cc(C)nn2C)nc2ccccc12. The lowest BCUT2D eigenvalue weighted by atomic mass is 10.1. The number of hydrogen-bond donors (Lipinski definition) is 0. The van der Waals surface area contributed by atoms with Gasteiger partial charge in [-0.15, -0.1) is 0 Å². The number of carbonyl (C=O) groups excluding carboxylic acids is 1. The third-order valence-electron chi connectivity index (χ3n) is 3.73. The summed E-state index contributed by atoms with van der Waals surface area (Å²) in [4.78, 5) is 16.9. The average molecular weight is 309 g/mol. The highest BCUT2D eigenvalue weighted by Gasteiger charge is 2.15. The van der Waals surface area contributed by atoms with Crippen molar-refractivity contribution < 1.29 is 9.53 Å². The molecule has 0 N–H and O–H groups in total. The maximum absolute atomic E-state index is 12.3. The number of rotatable bonds is 4. The number of aryl methyl sites for hydroxylation is 2. The van der Waals surface area contributed by atoms with Gasteiger partial charge in [0.15, 0.2) is 0 Å². The van der Waals surface area contributed by atoms with Crippen LogP contribution in [0.15, 0.2) is 36.4 Å². The Hall–Kier alpha value is -2.69. The van der Waals surface area contributed by atoms with Gasteiger partial charge in [-0.25, -0.2) is 4.79 Å². The first kappa shape index (κ1) is 15.2. The Labute approximate surface area is 134 Å². The zero-order chi connectivity index (χ0) is 16.4. The number of fused-ring (bicyclic) bond motifs is 1. The summed E-state index contributed by atoms with van der Waals surface area (Å²) in [6.45, 7) is 4.12. The quantitative estimate of drug-likeness (QED) is 0.695. The second kappa shape index (κ2) is 6.20. The summed E-state index contributed by atoms with van der Waals surface area (Å²) in [5.74, 6) is -0.312. The number of aromatic nitrogens is 3. The fourth-order valence-electron chi connectivity index (χ4n) is 2.71. The molecule has 0 aliphatic heterocycles. The molecule has 5 heteroatoms. The zero-order valence-corrected chi connectivity index (χ0v) is 13.5. The summed E-state index contributed by atoms with van der Waals surface area (Å²) in [5, 5.41) is 5.17. The molecule has 0 radical (unpaired) electrons. The monoisotopic (exact) mass is 309 g/mol. The number of benzene rings is 1. The molecule has 0 saturated heterocycles. The summed E-state index contributed by atoms with van der Waals surface area (Å²) in [7, 11) is 1.91. The molecule has 1 aromatic carbocycles. The molecule has 0 aliphatic rings. The lowest BCUT2D eigenvalue weighted by molar-refractivity contribution is 0.0528. The predicted octanol–water partition coefficient (Wildman–Crippen LogP) is 3.04. The van der Waals surface area contributed by atoms with Crippen molar-refractivity contribution in [2.75, 3.05) is 6.61 Å². The van der Waals surface area contributed by atoms with Gasteiger partial charge in [-0.3, -0.25) is 9.67 Å². The van der Waals surface area contributed by atoms with Crippen LogP contribution in [0.5, 0.6) is 0 Å². The minimum Gasteiger partial charge on any atom is -0.462 e. The summed E-state index contributed by atoms with van der Waals surface area (Å²) >= 11 is 0. The van der Waals surface area contributed by atoms with Crippen molar-refractivity contribution in [3.63, 3.8) is 0 Å². The smallest absolute Gasteiger partial charge is 0.338 e. The van der Waals surface area contributed by atoms with Crippen LogP contribution in [0.1, 0.15) is 34.4 Å². The number of hydrogen-bond acceptors (Lipinski definition) is 4. The van der Waals surface area contributed by atoms with E-state index < -0.39 is 0 Å². The first-order chi connectivity index (χ1) is 11.1. The number of nitrogens with zero attached hydrogens (tertiary/aromatic N) is 3. The topological polar surface area (TPSA) is 57.0 Å². The summed E-state index contributed by atoms with van der Waals surface area (Å²) in [6.07, 6.45) is 0.620. The van der Waals surface area contributed by atoms with Crippen LogP contribution in [-0.2, 0) is 18.2 Å². The number of carbonyl (C=O) groups is 1. The van der Waals surface area contributed by atoms with E-state index in [2.05, 4.69) is 10.1 Å². The molecule has 0 aliphatic carbocycles. The van der Waals surface area contributed by atoms with Crippen molar-refractivity contribution in [3.8, 4) is 0 Å². The summed E-state index contributed by atoms with van der Waals surface area (Å²) in [6, 6.07) is 11.5. The van der Waals surface area contributed by atoms with E-state index in [1.54, 1.807) is 6.92 Å². The maximum Gasteiger partial charge on any atom is 0.338 e. The molecular formula is C18H19N3O2. The molecule has 0 atom stereocenters. The first-order valence-corrected chi connectivity index (χ1v) is 7.63. The molecule has 0 bridgehead atoms. The minimum absolute atomic E-state index is 0.312. The molecule has 3 rings (SSSR count). The number of ether oxygens (including phenoxy) is 1. The van der Waals surface area contributed by atoms with Gasteiger partial charge in [0.1, 0.15) is 0 Å². The molecule has 0 amide bonds. The van der Waals surface area contributed by atoms with E-state index in [1.165, 1.54) is 0 Å². The number of pyridine rings is 1. The molecule has 0 unspecified atom stereocenters. The molecule has 23 heavy (non-hydrogen) atoms. The number of esters is 1. The fraction of sp³-hybridized carbons (Fsp3) is 0.278. The van der Waals surface area contributed by atoms with E-state index in [0.29, 0.717) is 18.6 Å². The Balaban J connectivity index is 2.07. The van der Waals surface area contributed by atoms with Crippen molar-refractivity contribution in [2.45, 2.75) is 20.3 Å². The van der Waals surface area contributed by atoms with Crippen molar-refractivity contribution in [1.82, 2.24) is 14.8 Å². The second-order valence-electron chi connectivity index (χ2n) is 5.48. The molecule has 2 aromatic heterocycles. The van der Waals surface area contributed by atoms with Crippen LogP contribution in [0.4, 0.5) is 0 Å². The van der Waals surface area contributed by atoms with E-state index in [0.717, 1.165) is 28.0 Å². The normalized spacial score (nSPS) is 10.9. The summed E-state index contributed by atoms with van der Waals surface area (Å²) in [5.41, 5.74) is 4.21. The average Bonchev–Trinajstić information content (AvgIpc) is 2.84. The molecule has 0 saturated carbocycles. The molecule has 0 spiro atoms. The Kier molecular flexibility index (Phi) is 4.10. The van der Waals surface area contributed by atoms with Crippen LogP contribution in [0.2, 0.25) is 0 Å². The molecule has 3 aromatic rings. The highest BCUT2D eigenvalue weighted by molar-refractivity contribution is 6.03. The van der Waals surface area contributed by atoms with E-state index in [4.69, 9.17) is 4.74 Å². The van der Waals surface area contributed by atoms with Crippen LogP contribution in [-0.4, -0.2) is 27.3 Å². The third-order valence-corrected chi connectivity index (χ3v) is 3.73. The lowest BCUT2D eigenvalue weighted by Gasteiger charge is -2.09. The van der Waals surface area contributed by atoms with E-state index in [1.807, 2.05) is 55.1 Å². The van der Waals surface area contributed by atoms with Crippen molar-refractivity contribution in [3.05, 3.63) is 59.0 Å². The Morgan fingerprint density at radius 2 is 2.04 bits per heavy atom. The van der Waals surface area contributed by atoms with Crippen LogP contribution in [0.25, 0.3) is 10.9 Å². The van der Waals surface area contributed by atoms with Gasteiger partial charge in [0, 0.05) is 30.2 Å². The van der Waals surface area contributed by atoms with Gasteiger partial charge < -0.3 is 4.74 Å². The first-order valence-electron chi connectivity index (χ1n) is 7.63. The highest BCUT2D eigenvalue weighted by Crippen LogP contribution is 2.21. The molecule has 5 nitrogen and oxygen atoms in total. The van der Waals surface area contributed by atoms with Crippen LogP contribution in [0.3, 0.4) is 0 Å². The van der Waals surface area contributed by atoms with E-state index in [-0.39, 0.29) is 5.97 Å². The Morgan fingerprint density at radius 1 is 1.26 bits per heavy atom. The standard InChI is InChI=1S/C18H19N3O2/c1-4-23-18(22)16-11-13(10-14-9-12(2)20-21(14)3)19-17-8-6-5-7-15(16)17/h5-9,11H,4,10H2,1-3H3. The van der Waals surface area contributed by atoms with Gasteiger partial charge in [-0.2, -0.15) is 5.10 Å².